The number of nitrogens with zero attached hydrogens (tertiary/aromatic N) is 2. The Kier molecular flexibility index (Phi) is 8.64. The molecule has 0 aromatic rings. The molecule has 3 nitrogen and oxygen atoms in total. The van der Waals surface area contributed by atoms with Gasteiger partial charge in [-0.15, -0.1) is 0 Å². The Morgan fingerprint density at radius 1 is 1.17 bits per heavy atom. The van der Waals surface area contributed by atoms with Crippen molar-refractivity contribution in [3.63, 3.8) is 0 Å². The number of hydrogen-bond donors (Lipinski definition) is 1. The lowest BCUT2D eigenvalue weighted by molar-refractivity contribution is 0.195. The van der Waals surface area contributed by atoms with E-state index in [0.29, 0.717) is 0 Å². The van der Waals surface area contributed by atoms with Gasteiger partial charge in [0.15, 0.2) is 0 Å². The highest BCUT2D eigenvalue weighted by atomic mass is 15.2. The van der Waals surface area contributed by atoms with Crippen molar-refractivity contribution in [3.8, 4) is 0 Å². The molecule has 1 aliphatic heterocycles. The van der Waals surface area contributed by atoms with Crippen LogP contribution >= 0.6 is 0 Å². The number of likely N-dealkylation sites (tertiary alicyclic amines) is 1. The average Bonchev–Trinajstić information content (AvgIpc) is 2.58. The van der Waals surface area contributed by atoms with Gasteiger partial charge in [-0.3, -0.25) is 4.90 Å². The molecular weight excluding hydrogens is 222 g/mol. The van der Waals surface area contributed by atoms with E-state index in [4.69, 9.17) is 0 Å². The van der Waals surface area contributed by atoms with E-state index >= 15 is 0 Å². The van der Waals surface area contributed by atoms with E-state index in [1.54, 1.807) is 0 Å². The maximum Gasteiger partial charge on any atom is 0.0110 e. The van der Waals surface area contributed by atoms with Crippen LogP contribution in [0.2, 0.25) is 0 Å². The third kappa shape index (κ3) is 6.72. The Bertz CT molecular complexity index is 194. The summed E-state index contributed by atoms with van der Waals surface area (Å²) in [4.78, 5) is 4.97. The maximum absolute atomic E-state index is 3.58. The molecule has 1 fully saturated rings. The molecular formula is C15H33N3. The van der Waals surface area contributed by atoms with Crippen molar-refractivity contribution in [1.82, 2.24) is 15.1 Å². The zero-order chi connectivity index (χ0) is 13.2. The molecule has 3 heteroatoms. The molecule has 108 valence electrons. The van der Waals surface area contributed by atoms with Crippen LogP contribution in [-0.4, -0.2) is 62.7 Å². The lowest BCUT2D eigenvalue weighted by Gasteiger charge is -2.29. The highest BCUT2D eigenvalue weighted by Gasteiger charge is 2.18. The summed E-state index contributed by atoms with van der Waals surface area (Å²) in [5, 5.41) is 3.58. The summed E-state index contributed by atoms with van der Waals surface area (Å²) in [7, 11) is 4.28. The molecule has 1 heterocycles. The van der Waals surface area contributed by atoms with Gasteiger partial charge >= 0.3 is 0 Å². The summed E-state index contributed by atoms with van der Waals surface area (Å²) in [6.07, 6.45) is 8.26. The van der Waals surface area contributed by atoms with Crippen molar-refractivity contribution in [2.24, 2.45) is 0 Å². The molecule has 0 spiro atoms. The fraction of sp³-hybridized carbons (Fsp3) is 1.00. The first-order valence-corrected chi connectivity index (χ1v) is 7.83. The minimum absolute atomic E-state index is 0.844. The molecule has 1 rings (SSSR count). The predicted molar refractivity (Wildman–Crippen MR) is 80.2 cm³/mol. The molecule has 0 saturated carbocycles. The van der Waals surface area contributed by atoms with Gasteiger partial charge in [0.25, 0.3) is 0 Å². The smallest absolute Gasteiger partial charge is 0.0110 e. The lowest BCUT2D eigenvalue weighted by atomic mass is 10.1. The Balaban J connectivity index is 2.08. The number of rotatable bonds is 8. The zero-order valence-corrected chi connectivity index (χ0v) is 12.7. The SMILES string of the molecule is CCC1CCCCCN1CCNCCCN(C)C. The van der Waals surface area contributed by atoms with E-state index in [2.05, 4.69) is 36.1 Å². The summed E-state index contributed by atoms with van der Waals surface area (Å²) in [5.41, 5.74) is 0. The summed E-state index contributed by atoms with van der Waals surface area (Å²) in [6.45, 7) is 8.40. The molecule has 1 unspecified atom stereocenters. The van der Waals surface area contributed by atoms with E-state index in [9.17, 15) is 0 Å². The van der Waals surface area contributed by atoms with Crippen molar-refractivity contribution in [3.05, 3.63) is 0 Å². The van der Waals surface area contributed by atoms with Crippen LogP contribution < -0.4 is 5.32 Å². The molecule has 1 atom stereocenters. The molecule has 0 aromatic heterocycles. The van der Waals surface area contributed by atoms with Crippen LogP contribution in [0.3, 0.4) is 0 Å². The van der Waals surface area contributed by atoms with Crippen LogP contribution in [-0.2, 0) is 0 Å². The Morgan fingerprint density at radius 3 is 2.72 bits per heavy atom. The molecule has 1 aliphatic rings. The van der Waals surface area contributed by atoms with Crippen molar-refractivity contribution in [1.29, 1.82) is 0 Å². The average molecular weight is 255 g/mol. The molecule has 0 radical (unpaired) electrons. The van der Waals surface area contributed by atoms with Gasteiger partial charge in [0, 0.05) is 19.1 Å². The van der Waals surface area contributed by atoms with Crippen molar-refractivity contribution >= 4 is 0 Å². The Morgan fingerprint density at radius 2 is 2.00 bits per heavy atom. The molecule has 18 heavy (non-hydrogen) atoms. The first-order chi connectivity index (χ1) is 8.74. The van der Waals surface area contributed by atoms with Gasteiger partial charge < -0.3 is 10.2 Å². The summed E-state index contributed by atoms with van der Waals surface area (Å²) < 4.78 is 0. The maximum atomic E-state index is 3.58. The monoisotopic (exact) mass is 255 g/mol. The first kappa shape index (κ1) is 15.9. The van der Waals surface area contributed by atoms with Crippen LogP contribution in [0.25, 0.3) is 0 Å². The van der Waals surface area contributed by atoms with Gasteiger partial charge in [0.1, 0.15) is 0 Å². The molecule has 0 aromatic carbocycles. The van der Waals surface area contributed by atoms with E-state index in [1.807, 2.05) is 0 Å². The Labute approximate surface area is 114 Å². The van der Waals surface area contributed by atoms with Crippen LogP contribution in [0.1, 0.15) is 45.4 Å². The number of nitrogens with one attached hydrogen (secondary N) is 1. The molecule has 0 bridgehead atoms. The van der Waals surface area contributed by atoms with Crippen LogP contribution in [0.4, 0.5) is 0 Å². The summed E-state index contributed by atoms with van der Waals surface area (Å²) >= 11 is 0. The number of hydrogen-bond acceptors (Lipinski definition) is 3. The second-order valence-corrected chi connectivity index (χ2v) is 5.85. The second-order valence-electron chi connectivity index (χ2n) is 5.85. The summed E-state index contributed by atoms with van der Waals surface area (Å²) in [5.74, 6) is 0. The van der Waals surface area contributed by atoms with Crippen molar-refractivity contribution in [2.45, 2.75) is 51.5 Å². The fourth-order valence-electron chi connectivity index (χ4n) is 2.86. The van der Waals surface area contributed by atoms with E-state index in [0.717, 1.165) is 19.1 Å². The van der Waals surface area contributed by atoms with Crippen LogP contribution in [0, 0.1) is 0 Å². The van der Waals surface area contributed by atoms with E-state index < -0.39 is 0 Å². The third-order valence-corrected chi connectivity index (χ3v) is 4.00. The highest BCUT2D eigenvalue weighted by Crippen LogP contribution is 2.18. The minimum atomic E-state index is 0.844. The van der Waals surface area contributed by atoms with Gasteiger partial charge in [-0.05, 0) is 59.4 Å². The minimum Gasteiger partial charge on any atom is -0.315 e. The van der Waals surface area contributed by atoms with Gasteiger partial charge in [-0.2, -0.15) is 0 Å². The molecule has 0 amide bonds. The normalized spacial score (nSPS) is 22.3. The van der Waals surface area contributed by atoms with Gasteiger partial charge in [0.2, 0.25) is 0 Å². The molecule has 0 aliphatic carbocycles. The van der Waals surface area contributed by atoms with Gasteiger partial charge in [-0.1, -0.05) is 19.8 Å². The lowest BCUT2D eigenvalue weighted by Crippen LogP contribution is -2.39. The van der Waals surface area contributed by atoms with E-state index in [-0.39, 0.29) is 0 Å². The first-order valence-electron chi connectivity index (χ1n) is 7.83. The second kappa shape index (κ2) is 9.76. The summed E-state index contributed by atoms with van der Waals surface area (Å²) in [6, 6.07) is 0.844. The zero-order valence-electron chi connectivity index (χ0n) is 12.7. The fourth-order valence-corrected chi connectivity index (χ4v) is 2.86. The van der Waals surface area contributed by atoms with Gasteiger partial charge in [-0.25, -0.2) is 0 Å². The quantitative estimate of drug-likeness (QED) is 0.671. The highest BCUT2D eigenvalue weighted by molar-refractivity contribution is 4.74. The third-order valence-electron chi connectivity index (χ3n) is 4.00. The Hall–Kier alpha value is -0.120. The van der Waals surface area contributed by atoms with Crippen molar-refractivity contribution in [2.75, 3.05) is 46.8 Å². The molecule has 1 N–H and O–H groups in total. The standard InChI is InChI=1S/C15H33N3/c1-4-15-9-6-5-7-13-18(15)14-11-16-10-8-12-17(2)3/h15-16H,4-14H2,1-3H3. The largest absolute Gasteiger partial charge is 0.315 e. The van der Waals surface area contributed by atoms with Crippen LogP contribution in [0.15, 0.2) is 0 Å². The van der Waals surface area contributed by atoms with Gasteiger partial charge in [0.05, 0.1) is 0 Å². The molecule has 1 saturated heterocycles. The topological polar surface area (TPSA) is 18.5 Å². The van der Waals surface area contributed by atoms with Crippen LogP contribution in [0.5, 0.6) is 0 Å². The van der Waals surface area contributed by atoms with E-state index in [1.165, 1.54) is 58.2 Å². The predicted octanol–water partition coefficient (Wildman–Crippen LogP) is 2.18. The van der Waals surface area contributed by atoms with Crippen molar-refractivity contribution < 1.29 is 0 Å².